The second-order valence-electron chi connectivity index (χ2n) is 4.13. The molecule has 19 heavy (non-hydrogen) atoms. The average Bonchev–Trinajstić information content (AvgIpc) is 2.45. The number of halogens is 2. The zero-order valence-corrected chi connectivity index (χ0v) is 10.9. The van der Waals surface area contributed by atoms with Crippen LogP contribution in [0.4, 0.5) is 10.1 Å². The van der Waals surface area contributed by atoms with Gasteiger partial charge in [0.2, 0.25) is 5.96 Å². The van der Waals surface area contributed by atoms with E-state index < -0.39 is 0 Å². The summed E-state index contributed by atoms with van der Waals surface area (Å²) in [6.07, 6.45) is 1.74. The van der Waals surface area contributed by atoms with E-state index in [-0.39, 0.29) is 11.8 Å². The summed E-state index contributed by atoms with van der Waals surface area (Å²) < 4.78 is 20.8. The smallest absolute Gasteiger partial charge is 0.204 e. The Balaban J connectivity index is 2.03. The van der Waals surface area contributed by atoms with Gasteiger partial charge in [0.05, 0.1) is 5.69 Å². The fourth-order valence-corrected chi connectivity index (χ4v) is 2.18. The van der Waals surface area contributed by atoms with Gasteiger partial charge in [0.15, 0.2) is 7.60 Å². The summed E-state index contributed by atoms with van der Waals surface area (Å²) in [5.74, 6) is -0.140. The van der Waals surface area contributed by atoms with Crippen LogP contribution in [-0.4, -0.2) is 37.0 Å². The summed E-state index contributed by atoms with van der Waals surface area (Å²) in [6.45, 7) is 2.25. The number of hydrogen-bond donors (Lipinski definition) is 2. The summed E-state index contributed by atoms with van der Waals surface area (Å²) in [5, 5.41) is 14.6. The Bertz CT molecular complexity index is 551. The molecule has 1 aliphatic rings. The molecule has 2 rings (SSSR count). The van der Waals surface area contributed by atoms with Gasteiger partial charge in [0.1, 0.15) is 5.82 Å². The minimum Gasteiger partial charge on any atom is -0.366 e. The van der Waals surface area contributed by atoms with Crippen LogP contribution in [0.25, 0.3) is 0 Å². The molecule has 2 N–H and O–H groups in total. The molecule has 1 aromatic carbocycles. The van der Waals surface area contributed by atoms with Crippen LogP contribution >= 0.6 is 11.6 Å². The van der Waals surface area contributed by atoms with E-state index in [0.29, 0.717) is 36.9 Å². The van der Waals surface area contributed by atoms with Crippen LogP contribution in [0.2, 0.25) is 6.43 Å². The van der Waals surface area contributed by atoms with Crippen LogP contribution in [0.3, 0.4) is 0 Å². The van der Waals surface area contributed by atoms with Crippen LogP contribution in [-0.2, 0) is 0 Å². The van der Waals surface area contributed by atoms with Crippen molar-refractivity contribution >= 4 is 23.2 Å². The number of piperazine rings is 1. The molecule has 0 atom stereocenters. The van der Waals surface area contributed by atoms with Crippen molar-refractivity contribution < 1.29 is 5.80 Å². The number of anilines is 1. The van der Waals surface area contributed by atoms with E-state index in [9.17, 15) is 4.39 Å². The van der Waals surface area contributed by atoms with Gasteiger partial charge in [-0.2, -0.15) is 5.26 Å². The van der Waals surface area contributed by atoms with Gasteiger partial charge in [-0.25, -0.2) is 4.39 Å². The van der Waals surface area contributed by atoms with Gasteiger partial charge < -0.3 is 9.80 Å². The molecule has 1 aliphatic heterocycles. The van der Waals surface area contributed by atoms with Gasteiger partial charge in [-0.3, -0.25) is 10.7 Å². The Morgan fingerprint density at radius 3 is 2.79 bits per heavy atom. The molecule has 5 nitrogen and oxygen atoms in total. The van der Waals surface area contributed by atoms with E-state index in [1.807, 2.05) is 4.90 Å². The van der Waals surface area contributed by atoms with E-state index in [1.54, 1.807) is 23.2 Å². The van der Waals surface area contributed by atoms with E-state index in [0.717, 1.165) is 0 Å². The third-order valence-corrected chi connectivity index (χ3v) is 3.23. The molecule has 0 amide bonds. The molecular formula is C12H13ClFN5. The molecule has 0 aromatic heterocycles. The van der Waals surface area contributed by atoms with Crippen molar-refractivity contribution in [2.45, 2.75) is 0 Å². The van der Waals surface area contributed by atoms with Crippen LogP contribution in [0, 0.1) is 22.7 Å². The third-order valence-electron chi connectivity index (χ3n) is 3.00. The van der Waals surface area contributed by atoms with Crippen molar-refractivity contribution in [1.82, 2.24) is 10.2 Å². The summed E-state index contributed by atoms with van der Waals surface area (Å²) in [5.41, 5.74) is 0.506. The van der Waals surface area contributed by atoms with Crippen molar-refractivity contribution in [2.75, 3.05) is 31.1 Å². The topological polar surface area (TPSA) is 66.2 Å². The predicted molar refractivity (Wildman–Crippen MR) is 71.7 cm³/mol. The van der Waals surface area contributed by atoms with Crippen LogP contribution in [0.5, 0.6) is 0 Å². The number of nitrogens with zero attached hydrogens (tertiary/aromatic N) is 3. The molecule has 0 unspecified atom stereocenters. The zero-order valence-electron chi connectivity index (χ0n) is 11.1. The molecule has 1 aromatic rings. The fourth-order valence-electron chi connectivity index (χ4n) is 2.03. The molecule has 0 radical (unpaired) electrons. The largest absolute Gasteiger partial charge is 0.366 e. The first kappa shape index (κ1) is 12.1. The SMILES string of the molecule is [H]/N=C(\NC#N)N1CCN(c2ccc(Cl)cc2F)CC1. The van der Waals surface area contributed by atoms with Crippen molar-refractivity contribution in [3.63, 3.8) is 0 Å². The Kier molecular flexibility index (Phi) is 3.65. The fraction of sp³-hybridized carbons (Fsp3) is 0.333. The predicted octanol–water partition coefficient (Wildman–Crippen LogP) is 1.61. The Morgan fingerprint density at radius 1 is 1.47 bits per heavy atom. The Morgan fingerprint density at radius 2 is 2.21 bits per heavy atom. The van der Waals surface area contributed by atoms with E-state index >= 15 is 0 Å². The standard InChI is InChI=1S/C12H13ClFN5/c13-9-1-2-11(10(14)7-9)18-3-5-19(6-4-18)12(16)17-8-15/h1-2,7H,3-6H2,(H2,16,17). The monoisotopic (exact) mass is 281 g/mol. The number of nitrogens with one attached hydrogen (secondary N) is 2. The zero-order chi connectivity index (χ0) is 14.5. The minimum absolute atomic E-state index is 0.212. The molecule has 1 heterocycles. The molecule has 0 saturated carbocycles. The van der Waals surface area contributed by atoms with Crippen molar-refractivity contribution in [3.05, 3.63) is 29.0 Å². The molecule has 1 saturated heterocycles. The molecule has 100 valence electrons. The normalized spacial score (nSPS) is 16.9. The molecular weight excluding hydrogens is 269 g/mol. The maximum absolute atomic E-state index is 13.8. The Hall–Kier alpha value is -2.00. The highest BCUT2D eigenvalue weighted by Gasteiger charge is 2.21. The summed E-state index contributed by atoms with van der Waals surface area (Å²) >= 11 is 5.73. The molecule has 1 fully saturated rings. The number of rotatable bonds is 1. The molecule has 0 spiro atoms. The first-order chi connectivity index (χ1) is 9.65. The van der Waals surface area contributed by atoms with Crippen molar-refractivity contribution in [1.29, 1.82) is 10.7 Å². The summed E-state index contributed by atoms with van der Waals surface area (Å²) in [4.78, 5) is 3.68. The highest BCUT2D eigenvalue weighted by molar-refractivity contribution is 6.30. The maximum Gasteiger partial charge on any atom is 0.204 e. The molecule has 7 heteroatoms. The first-order valence-corrected chi connectivity index (χ1v) is 6.15. The van der Waals surface area contributed by atoms with Crippen molar-refractivity contribution in [2.24, 2.45) is 0 Å². The number of guanidine groups is 1. The average molecular weight is 282 g/mol. The van der Waals surface area contributed by atoms with Crippen molar-refractivity contribution in [3.8, 4) is 6.19 Å². The quantitative estimate of drug-likeness (QED) is 0.355. The van der Waals surface area contributed by atoms with Gasteiger partial charge in [-0.15, -0.1) is 0 Å². The van der Waals surface area contributed by atoms with E-state index in [1.165, 1.54) is 6.07 Å². The van der Waals surface area contributed by atoms with Gasteiger partial charge in [0, 0.05) is 31.2 Å². The summed E-state index contributed by atoms with van der Waals surface area (Å²) in [7, 11) is 0. The molecule has 0 aliphatic carbocycles. The van der Waals surface area contributed by atoms with Crippen LogP contribution in [0.15, 0.2) is 18.2 Å². The Labute approximate surface area is 117 Å². The minimum atomic E-state index is -0.351. The lowest BCUT2D eigenvalue weighted by Crippen LogP contribution is -2.51. The van der Waals surface area contributed by atoms with E-state index in [4.69, 9.17) is 18.3 Å². The number of benzene rings is 1. The lowest BCUT2D eigenvalue weighted by Gasteiger charge is -2.36. The van der Waals surface area contributed by atoms with Crippen LogP contribution in [0.1, 0.15) is 0 Å². The van der Waals surface area contributed by atoms with Gasteiger partial charge in [-0.05, 0) is 18.2 Å². The first-order valence-electron chi connectivity index (χ1n) is 6.22. The maximum atomic E-state index is 13.8. The second-order valence-corrected chi connectivity index (χ2v) is 4.57. The summed E-state index contributed by atoms with van der Waals surface area (Å²) in [6, 6.07) is 4.60. The van der Waals surface area contributed by atoms with Crippen LogP contribution < -0.4 is 10.2 Å². The highest BCUT2D eigenvalue weighted by atomic mass is 35.5. The van der Waals surface area contributed by atoms with Gasteiger partial charge >= 0.3 is 0 Å². The highest BCUT2D eigenvalue weighted by Crippen LogP contribution is 2.23. The third kappa shape index (κ3) is 3.06. The van der Waals surface area contributed by atoms with E-state index in [2.05, 4.69) is 10.7 Å². The second kappa shape index (κ2) is 5.76. The molecule has 0 bridgehead atoms. The van der Waals surface area contributed by atoms with Gasteiger partial charge in [-0.1, -0.05) is 11.6 Å². The lowest BCUT2D eigenvalue weighted by molar-refractivity contribution is 0.373. The number of hydrogen-bond acceptors (Lipinski definition) is 3. The lowest BCUT2D eigenvalue weighted by atomic mass is 10.2. The van der Waals surface area contributed by atoms with Gasteiger partial charge in [0.25, 0.3) is 0 Å². The number of nitriles is 1.